The first kappa shape index (κ1) is 19.6. The summed E-state index contributed by atoms with van der Waals surface area (Å²) in [5.41, 5.74) is 0.930. The number of allylic oxidation sites excluding steroid dienone is 1. The van der Waals surface area contributed by atoms with E-state index in [-0.39, 0.29) is 24.8 Å². The third-order valence-electron chi connectivity index (χ3n) is 4.13. The lowest BCUT2D eigenvalue weighted by Crippen LogP contribution is -2.35. The SMILES string of the molecule is C=C(C)C1CCC(OCOCCCCOC(C)=O)CC1C(=O)O. The largest absolute Gasteiger partial charge is 0.481 e. The molecule has 0 spiro atoms. The number of hydrogen-bond acceptors (Lipinski definition) is 5. The van der Waals surface area contributed by atoms with Gasteiger partial charge in [0.25, 0.3) is 0 Å². The van der Waals surface area contributed by atoms with E-state index < -0.39 is 11.9 Å². The zero-order valence-corrected chi connectivity index (χ0v) is 14.1. The minimum atomic E-state index is -0.780. The van der Waals surface area contributed by atoms with Gasteiger partial charge in [-0.15, -0.1) is 0 Å². The molecular formula is C17H28O6. The molecule has 1 aliphatic rings. The molecule has 3 unspecified atom stereocenters. The Morgan fingerprint density at radius 3 is 2.43 bits per heavy atom. The molecule has 1 N–H and O–H groups in total. The Labute approximate surface area is 137 Å². The van der Waals surface area contributed by atoms with Crippen LogP contribution in [0.1, 0.15) is 46.0 Å². The molecule has 132 valence electrons. The Balaban J connectivity index is 2.15. The minimum Gasteiger partial charge on any atom is -0.481 e. The maximum Gasteiger partial charge on any atom is 0.307 e. The normalized spacial score (nSPS) is 24.2. The molecule has 0 aromatic carbocycles. The molecule has 0 aromatic heterocycles. The van der Waals surface area contributed by atoms with Crippen LogP contribution in [0.25, 0.3) is 0 Å². The number of rotatable bonds is 10. The fourth-order valence-corrected chi connectivity index (χ4v) is 2.87. The van der Waals surface area contributed by atoms with Crippen molar-refractivity contribution in [3.8, 4) is 0 Å². The van der Waals surface area contributed by atoms with Gasteiger partial charge >= 0.3 is 11.9 Å². The van der Waals surface area contributed by atoms with Gasteiger partial charge in [-0.1, -0.05) is 12.2 Å². The van der Waals surface area contributed by atoms with Gasteiger partial charge in [-0.05, 0) is 44.9 Å². The molecule has 0 aliphatic heterocycles. The first-order chi connectivity index (χ1) is 10.9. The van der Waals surface area contributed by atoms with Gasteiger partial charge < -0.3 is 19.3 Å². The van der Waals surface area contributed by atoms with Gasteiger partial charge in [-0.3, -0.25) is 9.59 Å². The average molecular weight is 328 g/mol. The zero-order valence-electron chi connectivity index (χ0n) is 14.1. The van der Waals surface area contributed by atoms with Gasteiger partial charge in [-0.2, -0.15) is 0 Å². The number of esters is 1. The predicted octanol–water partition coefficient (Wildman–Crippen LogP) is 2.77. The molecule has 0 bridgehead atoms. The van der Waals surface area contributed by atoms with Gasteiger partial charge in [0.2, 0.25) is 0 Å². The molecule has 6 nitrogen and oxygen atoms in total. The summed E-state index contributed by atoms with van der Waals surface area (Å²) in [4.78, 5) is 21.9. The second-order valence-corrected chi connectivity index (χ2v) is 6.07. The van der Waals surface area contributed by atoms with Crippen molar-refractivity contribution in [3.63, 3.8) is 0 Å². The van der Waals surface area contributed by atoms with Crippen molar-refractivity contribution >= 4 is 11.9 Å². The third-order valence-corrected chi connectivity index (χ3v) is 4.13. The van der Waals surface area contributed by atoms with Gasteiger partial charge in [0.1, 0.15) is 6.79 Å². The molecule has 0 aromatic rings. The van der Waals surface area contributed by atoms with E-state index in [9.17, 15) is 14.7 Å². The van der Waals surface area contributed by atoms with E-state index in [0.29, 0.717) is 19.6 Å². The molecule has 1 aliphatic carbocycles. The number of hydrogen-bond donors (Lipinski definition) is 1. The summed E-state index contributed by atoms with van der Waals surface area (Å²) in [5.74, 6) is -1.44. The zero-order chi connectivity index (χ0) is 17.2. The summed E-state index contributed by atoms with van der Waals surface area (Å²) < 4.78 is 15.8. The molecule has 0 heterocycles. The van der Waals surface area contributed by atoms with Crippen LogP contribution in [-0.4, -0.2) is 43.2 Å². The number of carboxylic acid groups (broad SMARTS) is 1. The van der Waals surface area contributed by atoms with Crippen LogP contribution in [0.2, 0.25) is 0 Å². The third kappa shape index (κ3) is 7.61. The molecule has 3 atom stereocenters. The van der Waals surface area contributed by atoms with E-state index in [1.54, 1.807) is 0 Å². The first-order valence-corrected chi connectivity index (χ1v) is 8.12. The summed E-state index contributed by atoms with van der Waals surface area (Å²) in [6, 6.07) is 0. The Hall–Kier alpha value is -1.40. The van der Waals surface area contributed by atoms with Gasteiger partial charge in [0.15, 0.2) is 0 Å². The van der Waals surface area contributed by atoms with Crippen LogP contribution >= 0.6 is 0 Å². The lowest BCUT2D eigenvalue weighted by atomic mass is 9.75. The fourth-order valence-electron chi connectivity index (χ4n) is 2.87. The highest BCUT2D eigenvalue weighted by Gasteiger charge is 2.35. The Bertz CT molecular complexity index is 406. The standard InChI is InChI=1S/C17H28O6/c1-12(2)15-7-6-14(10-16(15)17(19)20)23-11-21-8-4-5-9-22-13(3)18/h14-16H,1,4-11H2,2-3H3,(H,19,20). The maximum atomic E-state index is 11.4. The number of carbonyl (C=O) groups is 2. The van der Waals surface area contributed by atoms with Crippen molar-refractivity contribution < 1.29 is 28.9 Å². The van der Waals surface area contributed by atoms with Crippen LogP contribution < -0.4 is 0 Å². The van der Waals surface area contributed by atoms with E-state index in [1.807, 2.05) is 6.92 Å². The molecule has 0 amide bonds. The second-order valence-electron chi connectivity index (χ2n) is 6.07. The molecule has 1 saturated carbocycles. The number of carbonyl (C=O) groups excluding carboxylic acids is 1. The summed E-state index contributed by atoms with van der Waals surface area (Å²) in [6.07, 6.45) is 3.59. The van der Waals surface area contributed by atoms with Crippen molar-refractivity contribution in [2.45, 2.75) is 52.1 Å². The van der Waals surface area contributed by atoms with E-state index >= 15 is 0 Å². The van der Waals surface area contributed by atoms with Gasteiger partial charge in [-0.25, -0.2) is 0 Å². The average Bonchev–Trinajstić information content (AvgIpc) is 2.49. The second kappa shape index (κ2) is 10.4. The molecular weight excluding hydrogens is 300 g/mol. The first-order valence-electron chi connectivity index (χ1n) is 8.12. The van der Waals surface area contributed by atoms with Crippen molar-refractivity contribution in [3.05, 3.63) is 12.2 Å². The Morgan fingerprint density at radius 2 is 1.83 bits per heavy atom. The number of unbranched alkanes of at least 4 members (excludes halogenated alkanes) is 1. The fraction of sp³-hybridized carbons (Fsp3) is 0.765. The van der Waals surface area contributed by atoms with Gasteiger partial charge in [0, 0.05) is 13.5 Å². The van der Waals surface area contributed by atoms with Crippen molar-refractivity contribution in [2.24, 2.45) is 11.8 Å². The highest BCUT2D eigenvalue weighted by Crippen LogP contribution is 2.35. The topological polar surface area (TPSA) is 82.1 Å². The lowest BCUT2D eigenvalue weighted by Gasteiger charge is -2.34. The van der Waals surface area contributed by atoms with E-state index in [1.165, 1.54) is 6.92 Å². The van der Waals surface area contributed by atoms with Crippen LogP contribution in [-0.2, 0) is 23.8 Å². The molecule has 23 heavy (non-hydrogen) atoms. The van der Waals surface area contributed by atoms with Crippen molar-refractivity contribution in [1.82, 2.24) is 0 Å². The highest BCUT2D eigenvalue weighted by molar-refractivity contribution is 5.71. The van der Waals surface area contributed by atoms with Gasteiger partial charge in [0.05, 0.1) is 18.6 Å². The minimum absolute atomic E-state index is 0.0366. The molecule has 0 saturated heterocycles. The van der Waals surface area contributed by atoms with Crippen LogP contribution in [0.15, 0.2) is 12.2 Å². The van der Waals surface area contributed by atoms with Crippen LogP contribution in [0.3, 0.4) is 0 Å². The quantitative estimate of drug-likeness (QED) is 0.287. The Morgan fingerprint density at radius 1 is 1.13 bits per heavy atom. The molecule has 0 radical (unpaired) electrons. The molecule has 1 fully saturated rings. The van der Waals surface area contributed by atoms with Crippen molar-refractivity contribution in [2.75, 3.05) is 20.0 Å². The van der Waals surface area contributed by atoms with Crippen LogP contribution in [0.4, 0.5) is 0 Å². The summed E-state index contributed by atoms with van der Waals surface area (Å²) in [7, 11) is 0. The predicted molar refractivity (Wildman–Crippen MR) is 84.8 cm³/mol. The number of ether oxygens (including phenoxy) is 3. The number of aliphatic carboxylic acids is 1. The van der Waals surface area contributed by atoms with Crippen LogP contribution in [0, 0.1) is 11.8 Å². The highest BCUT2D eigenvalue weighted by atomic mass is 16.7. The van der Waals surface area contributed by atoms with E-state index in [4.69, 9.17) is 14.2 Å². The Kier molecular flexibility index (Phi) is 8.87. The monoisotopic (exact) mass is 328 g/mol. The lowest BCUT2D eigenvalue weighted by molar-refractivity contribution is -0.150. The molecule has 6 heteroatoms. The molecule has 1 rings (SSSR count). The van der Waals surface area contributed by atoms with E-state index in [2.05, 4.69) is 6.58 Å². The van der Waals surface area contributed by atoms with Crippen LogP contribution in [0.5, 0.6) is 0 Å². The maximum absolute atomic E-state index is 11.4. The summed E-state index contributed by atoms with van der Waals surface area (Å²) >= 11 is 0. The van der Waals surface area contributed by atoms with E-state index in [0.717, 1.165) is 31.3 Å². The summed E-state index contributed by atoms with van der Waals surface area (Å²) in [6.45, 7) is 8.28. The summed E-state index contributed by atoms with van der Waals surface area (Å²) in [5, 5.41) is 9.34. The van der Waals surface area contributed by atoms with Crippen molar-refractivity contribution in [1.29, 1.82) is 0 Å². The smallest absolute Gasteiger partial charge is 0.307 e. The number of carboxylic acids is 1.